The van der Waals surface area contributed by atoms with Gasteiger partial charge in [-0.2, -0.15) is 0 Å². The molecule has 0 bridgehead atoms. The minimum absolute atomic E-state index is 0.0504. The van der Waals surface area contributed by atoms with Gasteiger partial charge in [-0.05, 0) is 31.0 Å². The molecule has 126 valence electrons. The normalized spacial score (nSPS) is 17.4. The molecule has 0 radical (unpaired) electrons. The molecule has 1 heterocycles. The van der Waals surface area contributed by atoms with E-state index in [2.05, 4.69) is 10.2 Å². The standard InChI is InChI=1S/C17H24FN3O2/c1-13(20-8-3-9-21(11-10-20)14(2)22)17(23)19-12-15-4-6-16(18)7-5-15/h4-7,13H,3,8-12H2,1-2H3,(H,19,23)/t13-/m1/s1. The van der Waals surface area contributed by atoms with Crippen LogP contribution in [0.5, 0.6) is 0 Å². The lowest BCUT2D eigenvalue weighted by molar-refractivity contribution is -0.128. The Morgan fingerprint density at radius 1 is 1.17 bits per heavy atom. The zero-order chi connectivity index (χ0) is 16.8. The predicted molar refractivity (Wildman–Crippen MR) is 86.2 cm³/mol. The van der Waals surface area contributed by atoms with Crippen molar-refractivity contribution in [1.29, 1.82) is 0 Å². The lowest BCUT2D eigenvalue weighted by Crippen LogP contribution is -2.46. The SMILES string of the molecule is CC(=O)N1CCCN([C@H](C)C(=O)NCc2ccc(F)cc2)CC1. The highest BCUT2D eigenvalue weighted by Crippen LogP contribution is 2.08. The number of amides is 2. The van der Waals surface area contributed by atoms with Crippen molar-refractivity contribution in [3.63, 3.8) is 0 Å². The highest BCUT2D eigenvalue weighted by atomic mass is 19.1. The average Bonchev–Trinajstić information content (AvgIpc) is 2.79. The molecule has 1 aliphatic heterocycles. The molecule has 23 heavy (non-hydrogen) atoms. The average molecular weight is 321 g/mol. The Bertz CT molecular complexity index is 547. The summed E-state index contributed by atoms with van der Waals surface area (Å²) in [7, 11) is 0. The first kappa shape index (κ1) is 17.4. The quantitative estimate of drug-likeness (QED) is 0.912. The second-order valence-corrected chi connectivity index (χ2v) is 5.92. The lowest BCUT2D eigenvalue weighted by Gasteiger charge is -2.26. The summed E-state index contributed by atoms with van der Waals surface area (Å²) in [6.45, 7) is 6.75. The number of hydrogen-bond acceptors (Lipinski definition) is 3. The largest absolute Gasteiger partial charge is 0.351 e. The summed E-state index contributed by atoms with van der Waals surface area (Å²) >= 11 is 0. The minimum atomic E-state index is -0.284. The van der Waals surface area contributed by atoms with E-state index in [1.165, 1.54) is 12.1 Å². The number of nitrogens with one attached hydrogen (secondary N) is 1. The minimum Gasteiger partial charge on any atom is -0.351 e. The van der Waals surface area contributed by atoms with Gasteiger partial charge in [0.05, 0.1) is 6.04 Å². The van der Waals surface area contributed by atoms with E-state index in [0.29, 0.717) is 19.6 Å². The number of hydrogen-bond donors (Lipinski definition) is 1. The van der Waals surface area contributed by atoms with Gasteiger partial charge in [0.1, 0.15) is 5.82 Å². The molecule has 2 amide bonds. The Labute approximate surface area is 136 Å². The van der Waals surface area contributed by atoms with E-state index in [-0.39, 0.29) is 23.7 Å². The third-order valence-electron chi connectivity index (χ3n) is 4.28. The fraction of sp³-hybridized carbons (Fsp3) is 0.529. The van der Waals surface area contributed by atoms with Crippen LogP contribution in [0.1, 0.15) is 25.8 Å². The second kappa shape index (κ2) is 8.06. The lowest BCUT2D eigenvalue weighted by atomic mass is 10.2. The van der Waals surface area contributed by atoms with E-state index in [1.807, 2.05) is 11.8 Å². The van der Waals surface area contributed by atoms with Crippen molar-refractivity contribution >= 4 is 11.8 Å². The van der Waals surface area contributed by atoms with E-state index in [0.717, 1.165) is 25.1 Å². The van der Waals surface area contributed by atoms with Gasteiger partial charge in [0.15, 0.2) is 0 Å². The molecular weight excluding hydrogens is 297 g/mol. The molecule has 1 aromatic carbocycles. The van der Waals surface area contributed by atoms with E-state index in [1.54, 1.807) is 19.1 Å². The maximum atomic E-state index is 12.9. The van der Waals surface area contributed by atoms with Crippen LogP contribution in [-0.4, -0.2) is 53.8 Å². The van der Waals surface area contributed by atoms with Gasteiger partial charge in [0.2, 0.25) is 11.8 Å². The maximum Gasteiger partial charge on any atom is 0.237 e. The molecule has 6 heteroatoms. The highest BCUT2D eigenvalue weighted by Gasteiger charge is 2.24. The van der Waals surface area contributed by atoms with E-state index >= 15 is 0 Å². The van der Waals surface area contributed by atoms with Crippen LogP contribution < -0.4 is 5.32 Å². The maximum absolute atomic E-state index is 12.9. The number of carbonyl (C=O) groups excluding carboxylic acids is 2. The summed E-state index contributed by atoms with van der Waals surface area (Å²) in [5, 5.41) is 2.89. The molecule has 0 aliphatic carbocycles. The number of halogens is 1. The van der Waals surface area contributed by atoms with Gasteiger partial charge in [0.25, 0.3) is 0 Å². The Kier molecular flexibility index (Phi) is 6.10. The smallest absolute Gasteiger partial charge is 0.237 e. The fourth-order valence-corrected chi connectivity index (χ4v) is 2.74. The summed E-state index contributed by atoms with van der Waals surface area (Å²) in [6, 6.07) is 5.85. The summed E-state index contributed by atoms with van der Waals surface area (Å²) in [6.07, 6.45) is 0.870. The molecule has 1 N–H and O–H groups in total. The van der Waals surface area contributed by atoms with Crippen LogP contribution in [0, 0.1) is 5.82 Å². The van der Waals surface area contributed by atoms with Crippen molar-refractivity contribution in [2.75, 3.05) is 26.2 Å². The predicted octanol–water partition coefficient (Wildman–Crippen LogP) is 1.38. The number of nitrogens with zero attached hydrogens (tertiary/aromatic N) is 2. The topological polar surface area (TPSA) is 52.7 Å². The molecule has 1 aliphatic rings. The van der Waals surface area contributed by atoms with Gasteiger partial charge < -0.3 is 10.2 Å². The van der Waals surface area contributed by atoms with Crippen LogP contribution in [0.2, 0.25) is 0 Å². The molecule has 0 spiro atoms. The van der Waals surface area contributed by atoms with Gasteiger partial charge in [0, 0.05) is 39.6 Å². The molecular formula is C17H24FN3O2. The summed E-state index contributed by atoms with van der Waals surface area (Å²) in [4.78, 5) is 27.7. The van der Waals surface area contributed by atoms with Gasteiger partial charge >= 0.3 is 0 Å². The van der Waals surface area contributed by atoms with E-state index in [9.17, 15) is 14.0 Å². The Hall–Kier alpha value is -1.95. The summed E-state index contributed by atoms with van der Waals surface area (Å²) in [5.74, 6) is -0.251. The number of rotatable bonds is 4. The third-order valence-corrected chi connectivity index (χ3v) is 4.28. The van der Waals surface area contributed by atoms with Crippen molar-refractivity contribution in [3.8, 4) is 0 Å². The van der Waals surface area contributed by atoms with Crippen molar-refractivity contribution in [2.24, 2.45) is 0 Å². The Morgan fingerprint density at radius 3 is 2.52 bits per heavy atom. The molecule has 1 saturated heterocycles. The molecule has 1 fully saturated rings. The van der Waals surface area contributed by atoms with Gasteiger partial charge in [-0.1, -0.05) is 12.1 Å². The second-order valence-electron chi connectivity index (χ2n) is 5.92. The molecule has 1 aromatic rings. The van der Waals surface area contributed by atoms with Crippen LogP contribution in [0.25, 0.3) is 0 Å². The van der Waals surface area contributed by atoms with Crippen LogP contribution in [0.3, 0.4) is 0 Å². The molecule has 0 saturated carbocycles. The summed E-state index contributed by atoms with van der Waals surface area (Å²) < 4.78 is 12.9. The first-order valence-electron chi connectivity index (χ1n) is 7.99. The first-order chi connectivity index (χ1) is 11.0. The van der Waals surface area contributed by atoms with Gasteiger partial charge in [-0.3, -0.25) is 14.5 Å². The zero-order valence-corrected chi connectivity index (χ0v) is 13.7. The van der Waals surface area contributed by atoms with Crippen LogP contribution in [0.4, 0.5) is 4.39 Å². The highest BCUT2D eigenvalue weighted by molar-refractivity contribution is 5.81. The van der Waals surface area contributed by atoms with Gasteiger partial charge in [-0.15, -0.1) is 0 Å². The molecule has 1 atom stereocenters. The van der Waals surface area contributed by atoms with Crippen LogP contribution in [-0.2, 0) is 16.1 Å². The van der Waals surface area contributed by atoms with E-state index < -0.39 is 0 Å². The number of carbonyl (C=O) groups is 2. The van der Waals surface area contributed by atoms with Crippen molar-refractivity contribution < 1.29 is 14.0 Å². The fourth-order valence-electron chi connectivity index (χ4n) is 2.74. The molecule has 5 nitrogen and oxygen atoms in total. The zero-order valence-electron chi connectivity index (χ0n) is 13.7. The third kappa shape index (κ3) is 5.03. The Balaban J connectivity index is 1.84. The van der Waals surface area contributed by atoms with Crippen LogP contribution in [0.15, 0.2) is 24.3 Å². The van der Waals surface area contributed by atoms with Crippen molar-refractivity contribution in [3.05, 3.63) is 35.6 Å². The summed E-state index contributed by atoms with van der Waals surface area (Å²) in [5.41, 5.74) is 0.866. The van der Waals surface area contributed by atoms with E-state index in [4.69, 9.17) is 0 Å². The molecule has 2 rings (SSSR count). The van der Waals surface area contributed by atoms with Crippen molar-refractivity contribution in [1.82, 2.24) is 15.1 Å². The van der Waals surface area contributed by atoms with Gasteiger partial charge in [-0.25, -0.2) is 4.39 Å². The molecule has 0 aromatic heterocycles. The number of benzene rings is 1. The monoisotopic (exact) mass is 321 g/mol. The molecule has 0 unspecified atom stereocenters. The van der Waals surface area contributed by atoms with Crippen LogP contribution >= 0.6 is 0 Å². The first-order valence-corrected chi connectivity index (χ1v) is 7.99. The van der Waals surface area contributed by atoms with Crippen molar-refractivity contribution in [2.45, 2.75) is 32.9 Å². The Morgan fingerprint density at radius 2 is 1.87 bits per heavy atom.